The molecule has 2 aliphatic rings. The molecule has 3 rings (SSSR count). The van der Waals surface area contributed by atoms with Crippen molar-refractivity contribution < 1.29 is 8.42 Å². The maximum atomic E-state index is 12.5. The second kappa shape index (κ2) is 5.71. The van der Waals surface area contributed by atoms with Gasteiger partial charge in [-0.05, 0) is 56.2 Å². The summed E-state index contributed by atoms with van der Waals surface area (Å²) in [5.41, 5.74) is 0.931. The van der Waals surface area contributed by atoms with Crippen molar-refractivity contribution in [1.29, 1.82) is 0 Å². The van der Waals surface area contributed by atoms with Crippen molar-refractivity contribution >= 4 is 10.0 Å². The lowest BCUT2D eigenvalue weighted by Crippen LogP contribution is -2.52. The zero-order valence-corrected chi connectivity index (χ0v) is 13.4. The van der Waals surface area contributed by atoms with Crippen LogP contribution in [0.5, 0.6) is 0 Å². The van der Waals surface area contributed by atoms with Crippen molar-refractivity contribution in [3.8, 4) is 0 Å². The summed E-state index contributed by atoms with van der Waals surface area (Å²) in [4.78, 5) is 0.373. The van der Waals surface area contributed by atoms with Gasteiger partial charge in [-0.1, -0.05) is 19.1 Å². The van der Waals surface area contributed by atoms with Crippen LogP contribution in [0.25, 0.3) is 0 Å². The van der Waals surface area contributed by atoms with Crippen molar-refractivity contribution in [1.82, 2.24) is 10.0 Å². The van der Waals surface area contributed by atoms with Gasteiger partial charge in [0.15, 0.2) is 0 Å². The molecule has 0 aromatic heterocycles. The molecule has 5 heteroatoms. The van der Waals surface area contributed by atoms with Crippen molar-refractivity contribution in [2.45, 2.75) is 68.5 Å². The SMILES string of the molecule is CCC1(NS(=O)(=O)c2ccc(CNC3CC3)cc2)CCC1. The Kier molecular flexibility index (Phi) is 4.08. The van der Waals surface area contributed by atoms with Gasteiger partial charge < -0.3 is 5.32 Å². The van der Waals surface area contributed by atoms with Gasteiger partial charge in [0.2, 0.25) is 10.0 Å². The molecule has 0 bridgehead atoms. The van der Waals surface area contributed by atoms with Crippen molar-refractivity contribution in [2.24, 2.45) is 0 Å². The van der Waals surface area contributed by atoms with E-state index in [1.807, 2.05) is 19.1 Å². The first kappa shape index (κ1) is 15.0. The van der Waals surface area contributed by atoms with Crippen LogP contribution in [-0.4, -0.2) is 20.0 Å². The lowest BCUT2D eigenvalue weighted by molar-refractivity contribution is 0.214. The summed E-state index contributed by atoms with van der Waals surface area (Å²) in [6.07, 6.45) is 6.39. The Morgan fingerprint density at radius 1 is 1.19 bits per heavy atom. The third-order valence-corrected chi connectivity index (χ3v) is 6.34. The molecule has 2 fully saturated rings. The highest BCUT2D eigenvalue weighted by Crippen LogP contribution is 2.36. The van der Waals surface area contributed by atoms with E-state index < -0.39 is 10.0 Å². The van der Waals surface area contributed by atoms with Gasteiger partial charge in [-0.15, -0.1) is 0 Å². The summed E-state index contributed by atoms with van der Waals surface area (Å²) in [6, 6.07) is 7.91. The molecule has 0 aliphatic heterocycles. The van der Waals surface area contributed by atoms with Crippen LogP contribution in [0.1, 0.15) is 51.0 Å². The van der Waals surface area contributed by atoms with E-state index in [1.165, 1.54) is 12.8 Å². The van der Waals surface area contributed by atoms with Crippen molar-refractivity contribution in [3.63, 3.8) is 0 Å². The molecule has 0 spiro atoms. The molecule has 116 valence electrons. The summed E-state index contributed by atoms with van der Waals surface area (Å²) in [5, 5.41) is 3.43. The fourth-order valence-corrected chi connectivity index (χ4v) is 4.34. The van der Waals surface area contributed by atoms with Crippen LogP contribution in [0.2, 0.25) is 0 Å². The first-order valence-corrected chi connectivity index (χ1v) is 9.38. The highest BCUT2D eigenvalue weighted by Gasteiger charge is 2.39. The van der Waals surface area contributed by atoms with Crippen LogP contribution in [0, 0.1) is 0 Å². The molecular formula is C16H24N2O2S. The molecule has 0 radical (unpaired) electrons. The highest BCUT2D eigenvalue weighted by molar-refractivity contribution is 7.89. The predicted molar refractivity (Wildman–Crippen MR) is 83.5 cm³/mol. The van der Waals surface area contributed by atoms with E-state index in [0.29, 0.717) is 10.9 Å². The zero-order chi connectivity index (χ0) is 14.9. The molecule has 0 amide bonds. The van der Waals surface area contributed by atoms with Gasteiger partial charge >= 0.3 is 0 Å². The fraction of sp³-hybridized carbons (Fsp3) is 0.625. The summed E-state index contributed by atoms with van der Waals surface area (Å²) < 4.78 is 27.8. The van der Waals surface area contributed by atoms with Crippen LogP contribution in [0.3, 0.4) is 0 Å². The molecule has 1 aromatic rings. The smallest absolute Gasteiger partial charge is 0.241 e. The minimum Gasteiger partial charge on any atom is -0.310 e. The largest absolute Gasteiger partial charge is 0.310 e. The summed E-state index contributed by atoms with van der Waals surface area (Å²) in [5.74, 6) is 0. The number of nitrogens with one attached hydrogen (secondary N) is 2. The van der Waals surface area contributed by atoms with E-state index in [2.05, 4.69) is 10.0 Å². The average Bonchev–Trinajstić information content (AvgIpc) is 3.25. The molecule has 2 aliphatic carbocycles. The van der Waals surface area contributed by atoms with Gasteiger partial charge in [0, 0.05) is 18.1 Å². The molecule has 0 saturated heterocycles. The summed E-state index contributed by atoms with van der Waals surface area (Å²) in [6.45, 7) is 2.87. The third kappa shape index (κ3) is 3.47. The molecule has 0 atom stereocenters. The van der Waals surface area contributed by atoms with Gasteiger partial charge in [0.1, 0.15) is 0 Å². The summed E-state index contributed by atoms with van der Waals surface area (Å²) in [7, 11) is -3.40. The molecule has 0 unspecified atom stereocenters. The van der Waals surface area contributed by atoms with E-state index in [0.717, 1.165) is 37.8 Å². The number of hydrogen-bond donors (Lipinski definition) is 2. The number of rotatable bonds is 7. The number of benzene rings is 1. The molecule has 21 heavy (non-hydrogen) atoms. The second-order valence-corrected chi connectivity index (χ2v) is 8.07. The number of sulfonamides is 1. The molecule has 2 N–H and O–H groups in total. The Hall–Kier alpha value is -0.910. The standard InChI is InChI=1S/C16H24N2O2S/c1-2-16(10-3-11-16)18-21(19,20)15-8-4-13(5-9-15)12-17-14-6-7-14/h4-5,8-9,14,17-18H,2-3,6-7,10-12H2,1H3. The highest BCUT2D eigenvalue weighted by atomic mass is 32.2. The van der Waals surface area contributed by atoms with Gasteiger partial charge in [-0.2, -0.15) is 0 Å². The Morgan fingerprint density at radius 2 is 1.86 bits per heavy atom. The fourth-order valence-electron chi connectivity index (χ4n) is 2.81. The van der Waals surface area contributed by atoms with Crippen molar-refractivity contribution in [3.05, 3.63) is 29.8 Å². The van der Waals surface area contributed by atoms with E-state index in [9.17, 15) is 8.42 Å². The maximum absolute atomic E-state index is 12.5. The third-order valence-electron chi connectivity index (χ3n) is 4.74. The van der Waals surface area contributed by atoms with Gasteiger partial charge in [0.25, 0.3) is 0 Å². The van der Waals surface area contributed by atoms with Crippen LogP contribution >= 0.6 is 0 Å². The van der Waals surface area contributed by atoms with Crippen LogP contribution in [0.4, 0.5) is 0 Å². The number of hydrogen-bond acceptors (Lipinski definition) is 3. The lowest BCUT2D eigenvalue weighted by atomic mass is 9.76. The van der Waals surface area contributed by atoms with E-state index in [1.54, 1.807) is 12.1 Å². The first-order chi connectivity index (χ1) is 10.0. The Bertz CT molecular complexity index is 582. The average molecular weight is 308 g/mol. The Morgan fingerprint density at radius 3 is 2.33 bits per heavy atom. The van der Waals surface area contributed by atoms with Crippen molar-refractivity contribution in [2.75, 3.05) is 0 Å². The molecule has 4 nitrogen and oxygen atoms in total. The predicted octanol–water partition coefficient (Wildman–Crippen LogP) is 2.55. The molecular weight excluding hydrogens is 284 g/mol. The van der Waals surface area contributed by atoms with E-state index >= 15 is 0 Å². The Balaban J connectivity index is 1.66. The molecule has 1 aromatic carbocycles. The zero-order valence-electron chi connectivity index (χ0n) is 12.6. The second-order valence-electron chi connectivity index (χ2n) is 6.39. The maximum Gasteiger partial charge on any atom is 0.241 e. The van der Waals surface area contributed by atoms with Gasteiger partial charge in [0.05, 0.1) is 4.90 Å². The van der Waals surface area contributed by atoms with E-state index in [4.69, 9.17) is 0 Å². The van der Waals surface area contributed by atoms with Gasteiger partial charge in [-0.25, -0.2) is 13.1 Å². The van der Waals surface area contributed by atoms with Crippen LogP contribution < -0.4 is 10.0 Å². The monoisotopic (exact) mass is 308 g/mol. The van der Waals surface area contributed by atoms with Crippen LogP contribution in [-0.2, 0) is 16.6 Å². The minimum atomic E-state index is -3.40. The topological polar surface area (TPSA) is 58.2 Å². The van der Waals surface area contributed by atoms with Gasteiger partial charge in [-0.3, -0.25) is 0 Å². The minimum absolute atomic E-state index is 0.203. The first-order valence-electron chi connectivity index (χ1n) is 7.89. The molecule has 2 saturated carbocycles. The quantitative estimate of drug-likeness (QED) is 0.814. The molecule has 0 heterocycles. The Labute approximate surface area is 127 Å². The van der Waals surface area contributed by atoms with Crippen LogP contribution in [0.15, 0.2) is 29.2 Å². The summed E-state index contributed by atoms with van der Waals surface area (Å²) >= 11 is 0. The van der Waals surface area contributed by atoms with E-state index in [-0.39, 0.29) is 5.54 Å². The normalized spacial score (nSPS) is 21.0. The lowest BCUT2D eigenvalue weighted by Gasteiger charge is -2.41.